The van der Waals surface area contributed by atoms with Crippen molar-refractivity contribution in [2.24, 2.45) is 7.05 Å². The van der Waals surface area contributed by atoms with Gasteiger partial charge in [0.15, 0.2) is 4.67 Å². The first kappa shape index (κ1) is 11.4. The van der Waals surface area contributed by atoms with Crippen LogP contribution in [0.25, 0.3) is 0 Å². The Morgan fingerprint density at radius 1 is 1.50 bits per heavy atom. The van der Waals surface area contributed by atoms with E-state index in [9.17, 15) is 0 Å². The third-order valence-electron chi connectivity index (χ3n) is 2.26. The Bertz CT molecular complexity index is 407. The number of aryl methyl sites for hydroxylation is 1. The first-order chi connectivity index (χ1) is 7.74. The molecular weight excluding hydrogens is 270 g/mol. The lowest BCUT2D eigenvalue weighted by Gasteiger charge is -2.00. The molecule has 2 aromatic rings. The summed E-state index contributed by atoms with van der Waals surface area (Å²) in [5.41, 5.74) is 1.20. The summed E-state index contributed by atoms with van der Waals surface area (Å²) in [6.45, 7) is 1.74. The first-order valence-corrected chi connectivity index (χ1v) is 5.96. The third-order valence-corrected chi connectivity index (χ3v) is 2.69. The van der Waals surface area contributed by atoms with Crippen LogP contribution in [-0.4, -0.2) is 16.3 Å². The summed E-state index contributed by atoms with van der Waals surface area (Å²) in [5.74, 6) is 0.991. The van der Waals surface area contributed by atoms with Crippen LogP contribution in [-0.2, 0) is 20.0 Å². The number of rotatable bonds is 5. The number of nitrogens with one attached hydrogen (secondary N) is 1. The van der Waals surface area contributed by atoms with Crippen molar-refractivity contribution in [1.29, 1.82) is 0 Å². The average molecular weight is 284 g/mol. The molecule has 0 aliphatic rings. The van der Waals surface area contributed by atoms with Crippen molar-refractivity contribution in [2.45, 2.75) is 13.0 Å². The maximum atomic E-state index is 5.40. The minimum absolute atomic E-state index is 0.787. The zero-order valence-corrected chi connectivity index (χ0v) is 10.7. The van der Waals surface area contributed by atoms with E-state index in [1.165, 1.54) is 5.56 Å². The lowest BCUT2D eigenvalue weighted by molar-refractivity contribution is 0.479. The van der Waals surface area contributed by atoms with Crippen LogP contribution in [0.3, 0.4) is 0 Å². The van der Waals surface area contributed by atoms with Crippen LogP contribution < -0.4 is 5.32 Å². The number of hydrogen-bond acceptors (Lipinski definition) is 3. The molecular formula is C11H14BrN3O. The monoisotopic (exact) mass is 283 g/mol. The number of furan rings is 1. The van der Waals surface area contributed by atoms with Crippen LogP contribution in [0, 0.1) is 0 Å². The second kappa shape index (κ2) is 5.32. The van der Waals surface area contributed by atoms with Crippen LogP contribution in [0.5, 0.6) is 0 Å². The SMILES string of the molecule is Cn1cc(CNCCc2ccc(Br)o2)cn1. The summed E-state index contributed by atoms with van der Waals surface area (Å²) in [6.07, 6.45) is 4.78. The highest BCUT2D eigenvalue weighted by atomic mass is 79.9. The van der Waals surface area contributed by atoms with Crippen molar-refractivity contribution in [3.8, 4) is 0 Å². The van der Waals surface area contributed by atoms with Crippen molar-refractivity contribution >= 4 is 15.9 Å². The van der Waals surface area contributed by atoms with Gasteiger partial charge in [0.25, 0.3) is 0 Å². The second-order valence-corrected chi connectivity index (χ2v) is 4.44. The van der Waals surface area contributed by atoms with E-state index in [1.807, 2.05) is 31.6 Å². The van der Waals surface area contributed by atoms with Crippen LogP contribution >= 0.6 is 15.9 Å². The minimum atomic E-state index is 0.787. The number of aromatic nitrogens is 2. The highest BCUT2D eigenvalue weighted by Crippen LogP contribution is 2.13. The molecule has 4 nitrogen and oxygen atoms in total. The molecule has 5 heteroatoms. The van der Waals surface area contributed by atoms with Crippen molar-refractivity contribution in [1.82, 2.24) is 15.1 Å². The van der Waals surface area contributed by atoms with Gasteiger partial charge in [0.1, 0.15) is 5.76 Å². The highest BCUT2D eigenvalue weighted by molar-refractivity contribution is 9.10. The van der Waals surface area contributed by atoms with E-state index < -0.39 is 0 Å². The first-order valence-electron chi connectivity index (χ1n) is 5.16. The van der Waals surface area contributed by atoms with E-state index in [0.717, 1.165) is 29.9 Å². The maximum Gasteiger partial charge on any atom is 0.169 e. The zero-order valence-electron chi connectivity index (χ0n) is 9.11. The average Bonchev–Trinajstić information content (AvgIpc) is 2.83. The fourth-order valence-electron chi connectivity index (χ4n) is 1.49. The fraction of sp³-hybridized carbons (Fsp3) is 0.364. The Kier molecular flexibility index (Phi) is 3.79. The quantitative estimate of drug-likeness (QED) is 0.855. The standard InChI is InChI=1S/C11H14BrN3O/c1-15-8-9(7-14-15)6-13-5-4-10-2-3-11(12)16-10/h2-3,7-8,13H,4-6H2,1H3. The van der Waals surface area contributed by atoms with Crippen LogP contribution in [0.1, 0.15) is 11.3 Å². The molecule has 2 aromatic heterocycles. The molecule has 2 rings (SSSR count). The third kappa shape index (κ3) is 3.21. The van der Waals surface area contributed by atoms with Gasteiger partial charge in [-0.2, -0.15) is 5.10 Å². The molecule has 0 bridgehead atoms. The van der Waals surface area contributed by atoms with Crippen LogP contribution in [0.2, 0.25) is 0 Å². The molecule has 0 saturated heterocycles. The molecule has 16 heavy (non-hydrogen) atoms. The molecule has 0 radical (unpaired) electrons. The predicted molar refractivity (Wildman–Crippen MR) is 65.0 cm³/mol. The summed E-state index contributed by atoms with van der Waals surface area (Å²) >= 11 is 3.28. The molecule has 1 N–H and O–H groups in total. The van der Waals surface area contributed by atoms with E-state index in [1.54, 1.807) is 4.68 Å². The smallest absolute Gasteiger partial charge is 0.169 e. The Labute approximate surface area is 103 Å². The van der Waals surface area contributed by atoms with E-state index in [0.29, 0.717) is 0 Å². The lowest BCUT2D eigenvalue weighted by Crippen LogP contribution is -2.16. The van der Waals surface area contributed by atoms with Gasteiger partial charge in [0.05, 0.1) is 6.20 Å². The van der Waals surface area contributed by atoms with Gasteiger partial charge in [-0.15, -0.1) is 0 Å². The lowest BCUT2D eigenvalue weighted by atomic mass is 10.3. The van der Waals surface area contributed by atoms with E-state index in [4.69, 9.17) is 4.42 Å². The molecule has 0 aliphatic heterocycles. The number of halogens is 1. The molecule has 0 atom stereocenters. The molecule has 0 aromatic carbocycles. The summed E-state index contributed by atoms with van der Waals surface area (Å²) in [7, 11) is 1.92. The van der Waals surface area contributed by atoms with Crippen molar-refractivity contribution in [2.75, 3.05) is 6.54 Å². The number of hydrogen-bond donors (Lipinski definition) is 1. The Morgan fingerprint density at radius 2 is 2.38 bits per heavy atom. The second-order valence-electron chi connectivity index (χ2n) is 3.65. The fourth-order valence-corrected chi connectivity index (χ4v) is 1.83. The maximum absolute atomic E-state index is 5.40. The van der Waals surface area contributed by atoms with Crippen LogP contribution in [0.15, 0.2) is 33.6 Å². The molecule has 0 aliphatic carbocycles. The molecule has 0 amide bonds. The molecule has 0 fully saturated rings. The normalized spacial score (nSPS) is 10.9. The van der Waals surface area contributed by atoms with Crippen molar-refractivity contribution < 1.29 is 4.42 Å². The highest BCUT2D eigenvalue weighted by Gasteiger charge is 1.99. The molecule has 2 heterocycles. The predicted octanol–water partition coefficient (Wildman–Crippen LogP) is 2.11. The summed E-state index contributed by atoms with van der Waals surface area (Å²) in [4.78, 5) is 0. The van der Waals surface area contributed by atoms with Gasteiger partial charge < -0.3 is 9.73 Å². The zero-order chi connectivity index (χ0) is 11.4. The molecule has 0 saturated carbocycles. The van der Waals surface area contributed by atoms with Gasteiger partial charge in [-0.1, -0.05) is 0 Å². The molecule has 0 spiro atoms. The van der Waals surface area contributed by atoms with Gasteiger partial charge in [0, 0.05) is 38.3 Å². The molecule has 86 valence electrons. The molecule has 0 unspecified atom stereocenters. The topological polar surface area (TPSA) is 43.0 Å². The number of nitrogens with zero attached hydrogens (tertiary/aromatic N) is 2. The summed E-state index contributed by atoms with van der Waals surface area (Å²) in [6, 6.07) is 3.90. The van der Waals surface area contributed by atoms with E-state index in [2.05, 4.69) is 26.3 Å². The Balaban J connectivity index is 1.69. The van der Waals surface area contributed by atoms with Gasteiger partial charge in [-0.3, -0.25) is 4.68 Å². The van der Waals surface area contributed by atoms with Gasteiger partial charge in [-0.25, -0.2) is 0 Å². The summed E-state index contributed by atoms with van der Waals surface area (Å²) in [5, 5.41) is 7.45. The van der Waals surface area contributed by atoms with Gasteiger partial charge in [-0.05, 0) is 28.1 Å². The van der Waals surface area contributed by atoms with E-state index in [-0.39, 0.29) is 0 Å². The largest absolute Gasteiger partial charge is 0.454 e. The summed E-state index contributed by atoms with van der Waals surface area (Å²) < 4.78 is 7.99. The van der Waals surface area contributed by atoms with E-state index >= 15 is 0 Å². The van der Waals surface area contributed by atoms with Gasteiger partial charge in [0.2, 0.25) is 0 Å². The van der Waals surface area contributed by atoms with Crippen molar-refractivity contribution in [3.63, 3.8) is 0 Å². The Morgan fingerprint density at radius 3 is 3.00 bits per heavy atom. The van der Waals surface area contributed by atoms with Gasteiger partial charge >= 0.3 is 0 Å². The van der Waals surface area contributed by atoms with Crippen molar-refractivity contribution in [3.05, 3.63) is 40.5 Å². The Hall–Kier alpha value is -1.07. The minimum Gasteiger partial charge on any atom is -0.454 e. The van der Waals surface area contributed by atoms with Crippen LogP contribution in [0.4, 0.5) is 0 Å².